The summed E-state index contributed by atoms with van der Waals surface area (Å²) < 4.78 is 34.3. The topological polar surface area (TPSA) is 96.0 Å². The molecule has 1 aliphatic carbocycles. The second-order valence-electron chi connectivity index (χ2n) is 10.4. The molecule has 0 saturated heterocycles. The fourth-order valence-electron chi connectivity index (χ4n) is 5.21. The van der Waals surface area contributed by atoms with Gasteiger partial charge in [-0.2, -0.15) is 0 Å². The third kappa shape index (κ3) is 7.47. The number of aryl methyl sites for hydroxylation is 1. The predicted molar refractivity (Wildman–Crippen MR) is 160 cm³/mol. The number of nitrogens with one attached hydrogen (secondary N) is 1. The van der Waals surface area contributed by atoms with E-state index >= 15 is 0 Å². The molecule has 1 N–H and O–H groups in total. The number of ether oxygens (including phenoxy) is 1. The van der Waals surface area contributed by atoms with Crippen LogP contribution in [0, 0.1) is 6.92 Å². The van der Waals surface area contributed by atoms with Crippen LogP contribution in [0.15, 0.2) is 83.8 Å². The number of rotatable bonds is 12. The summed E-state index contributed by atoms with van der Waals surface area (Å²) in [4.78, 5) is 29.3. The molecule has 0 unspecified atom stereocenters. The number of anilines is 1. The third-order valence-corrected chi connectivity index (χ3v) is 9.29. The van der Waals surface area contributed by atoms with Crippen LogP contribution in [0.2, 0.25) is 0 Å². The van der Waals surface area contributed by atoms with Crippen molar-refractivity contribution in [1.29, 1.82) is 0 Å². The van der Waals surface area contributed by atoms with E-state index in [4.69, 9.17) is 4.74 Å². The largest absolute Gasteiger partial charge is 0.497 e. The first-order valence-corrected chi connectivity index (χ1v) is 15.5. The Bertz CT molecular complexity index is 1420. The molecule has 0 bridgehead atoms. The van der Waals surface area contributed by atoms with Crippen molar-refractivity contribution in [2.24, 2.45) is 0 Å². The highest BCUT2D eigenvalue weighted by atomic mass is 32.2. The van der Waals surface area contributed by atoms with E-state index in [2.05, 4.69) is 5.32 Å². The Hall–Kier alpha value is -3.85. The minimum atomic E-state index is -4.09. The number of hydrogen-bond donors (Lipinski definition) is 1. The van der Waals surface area contributed by atoms with Crippen LogP contribution in [-0.2, 0) is 26.2 Å². The Morgan fingerprint density at radius 2 is 1.66 bits per heavy atom. The molecule has 1 atom stereocenters. The summed E-state index contributed by atoms with van der Waals surface area (Å²) in [5.74, 6) is -0.0599. The van der Waals surface area contributed by atoms with E-state index < -0.39 is 28.5 Å². The Morgan fingerprint density at radius 1 is 0.976 bits per heavy atom. The van der Waals surface area contributed by atoms with Gasteiger partial charge in [-0.3, -0.25) is 13.9 Å². The van der Waals surface area contributed by atoms with E-state index in [0.29, 0.717) is 17.9 Å². The molecule has 0 radical (unpaired) electrons. The van der Waals surface area contributed by atoms with Crippen molar-refractivity contribution in [3.63, 3.8) is 0 Å². The molecule has 1 fully saturated rings. The Balaban J connectivity index is 1.70. The minimum absolute atomic E-state index is 0.0881. The zero-order chi connectivity index (χ0) is 29.4. The van der Waals surface area contributed by atoms with Gasteiger partial charge < -0.3 is 15.0 Å². The van der Waals surface area contributed by atoms with E-state index in [1.807, 2.05) is 38.1 Å². The smallest absolute Gasteiger partial charge is 0.264 e. The van der Waals surface area contributed by atoms with Crippen LogP contribution in [0.5, 0.6) is 5.75 Å². The Labute approximate surface area is 243 Å². The highest BCUT2D eigenvalue weighted by Gasteiger charge is 2.34. The number of methoxy groups -OCH3 is 1. The maximum atomic E-state index is 14.2. The lowest BCUT2D eigenvalue weighted by molar-refractivity contribution is -0.140. The maximum absolute atomic E-state index is 14.2. The van der Waals surface area contributed by atoms with Gasteiger partial charge in [-0.25, -0.2) is 8.42 Å². The van der Waals surface area contributed by atoms with Crippen LogP contribution in [0.1, 0.15) is 50.2 Å². The van der Waals surface area contributed by atoms with Crippen molar-refractivity contribution in [1.82, 2.24) is 10.2 Å². The molecule has 0 spiro atoms. The zero-order valence-corrected chi connectivity index (χ0v) is 24.8. The molecule has 4 rings (SSSR count). The number of amides is 2. The number of carbonyl (C=O) groups excluding carboxylic acids is 2. The summed E-state index contributed by atoms with van der Waals surface area (Å²) in [5.41, 5.74) is 2.07. The van der Waals surface area contributed by atoms with E-state index in [1.165, 1.54) is 4.90 Å². The molecular weight excluding hydrogens is 538 g/mol. The van der Waals surface area contributed by atoms with Gasteiger partial charge in [-0.15, -0.1) is 0 Å². The highest BCUT2D eigenvalue weighted by Crippen LogP contribution is 2.26. The molecule has 0 heterocycles. The van der Waals surface area contributed by atoms with Gasteiger partial charge in [0.1, 0.15) is 18.3 Å². The first-order valence-electron chi connectivity index (χ1n) is 14.1. The molecule has 1 saturated carbocycles. The van der Waals surface area contributed by atoms with E-state index in [-0.39, 0.29) is 23.4 Å². The standard InChI is InChI=1S/C32H39N3O5S/c1-4-30(32(37)33-26-12-8-9-13-26)34(22-25-11-10-16-28(21-25)40-3)31(36)23-35(27-14-6-5-7-15-27)41(38,39)29-19-17-24(2)18-20-29/h5-7,10-11,14-21,26,30H,4,8-9,12-13,22-23H2,1-3H3,(H,33,37)/t30-/m1/s1. The van der Waals surface area contributed by atoms with Crippen LogP contribution in [0.25, 0.3) is 0 Å². The summed E-state index contributed by atoms with van der Waals surface area (Å²) in [7, 11) is -2.52. The summed E-state index contributed by atoms with van der Waals surface area (Å²) in [6, 6.07) is 21.8. The van der Waals surface area contributed by atoms with Crippen molar-refractivity contribution in [3.05, 3.63) is 90.0 Å². The molecule has 41 heavy (non-hydrogen) atoms. The number of benzene rings is 3. The zero-order valence-electron chi connectivity index (χ0n) is 24.0. The fourth-order valence-corrected chi connectivity index (χ4v) is 6.63. The lowest BCUT2D eigenvalue weighted by atomic mass is 10.1. The van der Waals surface area contributed by atoms with Gasteiger partial charge in [-0.05, 0) is 68.1 Å². The van der Waals surface area contributed by atoms with Gasteiger partial charge in [0.25, 0.3) is 10.0 Å². The van der Waals surface area contributed by atoms with Crippen LogP contribution in [0.3, 0.4) is 0 Å². The molecule has 0 aromatic heterocycles. The average molecular weight is 578 g/mol. The van der Waals surface area contributed by atoms with Gasteiger partial charge in [0.15, 0.2) is 0 Å². The van der Waals surface area contributed by atoms with Gasteiger partial charge in [-0.1, -0.05) is 67.8 Å². The highest BCUT2D eigenvalue weighted by molar-refractivity contribution is 7.92. The van der Waals surface area contributed by atoms with E-state index in [0.717, 1.165) is 41.1 Å². The van der Waals surface area contributed by atoms with Crippen molar-refractivity contribution in [3.8, 4) is 5.75 Å². The van der Waals surface area contributed by atoms with Gasteiger partial charge >= 0.3 is 0 Å². The lowest BCUT2D eigenvalue weighted by Gasteiger charge is -2.33. The average Bonchev–Trinajstić information content (AvgIpc) is 3.49. The first kappa shape index (κ1) is 30.1. The van der Waals surface area contributed by atoms with Crippen molar-refractivity contribution in [2.75, 3.05) is 18.0 Å². The van der Waals surface area contributed by atoms with Gasteiger partial charge in [0.2, 0.25) is 11.8 Å². The summed E-state index contributed by atoms with van der Waals surface area (Å²) in [5, 5.41) is 3.13. The molecule has 9 heteroatoms. The summed E-state index contributed by atoms with van der Waals surface area (Å²) in [6.45, 7) is 3.41. The molecule has 2 amide bonds. The molecule has 3 aromatic carbocycles. The van der Waals surface area contributed by atoms with Crippen molar-refractivity contribution in [2.45, 2.75) is 69.5 Å². The number of sulfonamides is 1. The first-order chi connectivity index (χ1) is 19.7. The number of hydrogen-bond acceptors (Lipinski definition) is 5. The predicted octanol–water partition coefficient (Wildman–Crippen LogP) is 5.07. The molecule has 8 nitrogen and oxygen atoms in total. The normalized spacial score (nSPS) is 14.3. The maximum Gasteiger partial charge on any atom is 0.264 e. The second-order valence-corrected chi connectivity index (χ2v) is 12.3. The van der Waals surface area contributed by atoms with E-state index in [9.17, 15) is 18.0 Å². The molecule has 0 aliphatic heterocycles. The van der Waals surface area contributed by atoms with Crippen LogP contribution in [-0.4, -0.2) is 50.9 Å². The molecule has 3 aromatic rings. The monoisotopic (exact) mass is 577 g/mol. The van der Waals surface area contributed by atoms with Gasteiger partial charge in [0.05, 0.1) is 17.7 Å². The molecule has 218 valence electrons. The minimum Gasteiger partial charge on any atom is -0.497 e. The number of para-hydroxylation sites is 1. The van der Waals surface area contributed by atoms with Crippen LogP contribution in [0.4, 0.5) is 5.69 Å². The summed E-state index contributed by atoms with van der Waals surface area (Å²) in [6.07, 6.45) is 4.35. The number of carbonyl (C=O) groups is 2. The Morgan fingerprint density at radius 3 is 2.29 bits per heavy atom. The lowest BCUT2D eigenvalue weighted by Crippen LogP contribution is -2.53. The quantitative estimate of drug-likeness (QED) is 0.325. The SMILES string of the molecule is CC[C@H](C(=O)NC1CCCC1)N(Cc1cccc(OC)c1)C(=O)CN(c1ccccc1)S(=O)(=O)c1ccc(C)cc1. The van der Waals surface area contributed by atoms with Gasteiger partial charge in [0, 0.05) is 12.6 Å². The number of nitrogens with zero attached hydrogens (tertiary/aromatic N) is 2. The fraction of sp³-hybridized carbons (Fsp3) is 0.375. The van der Waals surface area contributed by atoms with Crippen molar-refractivity contribution >= 4 is 27.5 Å². The molecule has 1 aliphatic rings. The summed E-state index contributed by atoms with van der Waals surface area (Å²) >= 11 is 0. The Kier molecular flexibility index (Phi) is 10.0. The van der Waals surface area contributed by atoms with E-state index in [1.54, 1.807) is 61.7 Å². The van der Waals surface area contributed by atoms with Crippen LogP contribution < -0.4 is 14.4 Å². The molecular formula is C32H39N3O5S. The third-order valence-electron chi connectivity index (χ3n) is 7.51. The van der Waals surface area contributed by atoms with Crippen molar-refractivity contribution < 1.29 is 22.7 Å². The second kappa shape index (κ2) is 13.7. The van der Waals surface area contributed by atoms with Crippen LogP contribution >= 0.6 is 0 Å².